The van der Waals surface area contributed by atoms with Gasteiger partial charge in [0.15, 0.2) is 0 Å². The molecule has 148 valence electrons. The van der Waals surface area contributed by atoms with Crippen LogP contribution in [0.4, 0.5) is 0 Å². The second-order valence-electron chi connectivity index (χ2n) is 10.9. The Hall–Kier alpha value is -0.820. The summed E-state index contributed by atoms with van der Waals surface area (Å²) in [6.07, 6.45) is 12.7. The average Bonchev–Trinajstić information content (AvgIpc) is 2.53. The summed E-state index contributed by atoms with van der Waals surface area (Å²) >= 11 is 0. The Balaban J connectivity index is 1.99. The van der Waals surface area contributed by atoms with Crippen molar-refractivity contribution in [3.8, 4) is 0 Å². The fourth-order valence-corrected chi connectivity index (χ4v) is 4.32. The van der Waals surface area contributed by atoms with Gasteiger partial charge in [0.2, 0.25) is 0 Å². The van der Waals surface area contributed by atoms with E-state index in [4.69, 9.17) is 0 Å². The Morgan fingerprint density at radius 1 is 0.962 bits per heavy atom. The Kier molecular flexibility index (Phi) is 6.99. The lowest BCUT2D eigenvalue weighted by Crippen LogP contribution is -2.44. The quantitative estimate of drug-likeness (QED) is 0.472. The van der Waals surface area contributed by atoms with Gasteiger partial charge in [0.25, 0.3) is 0 Å². The summed E-state index contributed by atoms with van der Waals surface area (Å²) in [7, 11) is 0. The van der Waals surface area contributed by atoms with Crippen LogP contribution in [-0.4, -0.2) is 23.5 Å². The summed E-state index contributed by atoms with van der Waals surface area (Å²) in [5.74, 6) is 1.55. The van der Waals surface area contributed by atoms with Crippen molar-refractivity contribution < 1.29 is 0 Å². The Morgan fingerprint density at radius 2 is 1.50 bits per heavy atom. The van der Waals surface area contributed by atoms with Crippen molar-refractivity contribution in [1.82, 2.24) is 4.90 Å². The molecule has 2 unspecified atom stereocenters. The summed E-state index contributed by atoms with van der Waals surface area (Å²) in [4.78, 5) is 2.70. The number of hydrogen-bond donors (Lipinski definition) is 0. The highest BCUT2D eigenvalue weighted by atomic mass is 15.2. The van der Waals surface area contributed by atoms with E-state index in [9.17, 15) is 0 Å². The van der Waals surface area contributed by atoms with E-state index in [0.717, 1.165) is 19.0 Å². The van der Waals surface area contributed by atoms with E-state index in [-0.39, 0.29) is 5.54 Å². The highest BCUT2D eigenvalue weighted by Gasteiger charge is 2.29. The molecule has 26 heavy (non-hydrogen) atoms. The molecule has 1 nitrogen and oxygen atoms in total. The van der Waals surface area contributed by atoms with Crippen molar-refractivity contribution in [3.05, 3.63) is 35.5 Å². The highest BCUT2D eigenvalue weighted by Crippen LogP contribution is 2.38. The van der Waals surface area contributed by atoms with E-state index >= 15 is 0 Å². The van der Waals surface area contributed by atoms with Crippen LogP contribution in [0.3, 0.4) is 0 Å². The van der Waals surface area contributed by atoms with Crippen molar-refractivity contribution in [2.75, 3.05) is 13.1 Å². The van der Waals surface area contributed by atoms with E-state index in [0.29, 0.717) is 11.3 Å². The highest BCUT2D eigenvalue weighted by molar-refractivity contribution is 5.16. The number of nitrogens with zero attached hydrogens (tertiary/aromatic N) is 1. The molecule has 0 saturated heterocycles. The largest absolute Gasteiger partial charge is 0.291 e. The molecule has 0 fully saturated rings. The fourth-order valence-electron chi connectivity index (χ4n) is 4.32. The van der Waals surface area contributed by atoms with Crippen LogP contribution in [0.5, 0.6) is 0 Å². The van der Waals surface area contributed by atoms with Gasteiger partial charge < -0.3 is 0 Å². The van der Waals surface area contributed by atoms with Gasteiger partial charge in [0, 0.05) is 18.6 Å². The van der Waals surface area contributed by atoms with E-state index in [2.05, 4.69) is 72.1 Å². The van der Waals surface area contributed by atoms with Gasteiger partial charge in [-0.2, -0.15) is 0 Å². The first kappa shape index (κ1) is 21.5. The number of rotatable bonds is 5. The van der Waals surface area contributed by atoms with Gasteiger partial charge in [-0.3, -0.25) is 4.90 Å². The second-order valence-corrected chi connectivity index (χ2v) is 10.9. The van der Waals surface area contributed by atoms with Crippen LogP contribution < -0.4 is 0 Å². The third-order valence-electron chi connectivity index (χ3n) is 6.67. The summed E-state index contributed by atoms with van der Waals surface area (Å²) in [6.45, 7) is 22.9. The molecule has 2 rings (SSSR count). The molecular weight excluding hydrogens is 314 g/mol. The molecule has 2 aliphatic carbocycles. The molecule has 0 saturated carbocycles. The van der Waals surface area contributed by atoms with Gasteiger partial charge >= 0.3 is 0 Å². The molecule has 0 heterocycles. The Morgan fingerprint density at radius 3 is 1.85 bits per heavy atom. The fraction of sp³-hybridized carbons (Fsp3) is 0.760. The van der Waals surface area contributed by atoms with Crippen molar-refractivity contribution in [2.45, 2.75) is 92.5 Å². The molecule has 2 aliphatic rings. The zero-order chi connectivity index (χ0) is 19.5. The van der Waals surface area contributed by atoms with E-state index in [1.54, 1.807) is 11.1 Å². The molecule has 0 aliphatic heterocycles. The van der Waals surface area contributed by atoms with Gasteiger partial charge in [-0.15, -0.1) is 0 Å². The molecule has 0 aromatic rings. The molecule has 0 amide bonds. The SMILES string of the molecule is C=C(C)C1CC=C(CN(CC2=CCC(C(C)(C)C)CC2)C(C)(C)C)CC1. The topological polar surface area (TPSA) is 3.24 Å². The second kappa shape index (κ2) is 8.46. The Bertz CT molecular complexity index is 550. The van der Waals surface area contributed by atoms with Crippen molar-refractivity contribution in [1.29, 1.82) is 0 Å². The lowest BCUT2D eigenvalue weighted by molar-refractivity contribution is 0.155. The minimum absolute atomic E-state index is 0.216. The minimum atomic E-state index is 0.216. The van der Waals surface area contributed by atoms with E-state index in [1.807, 2.05) is 0 Å². The maximum atomic E-state index is 4.16. The van der Waals surface area contributed by atoms with Crippen molar-refractivity contribution >= 4 is 0 Å². The van der Waals surface area contributed by atoms with Crippen LogP contribution >= 0.6 is 0 Å². The number of hydrogen-bond acceptors (Lipinski definition) is 1. The minimum Gasteiger partial charge on any atom is -0.291 e. The molecule has 0 aromatic carbocycles. The average molecular weight is 358 g/mol. The molecule has 0 radical (unpaired) electrons. The lowest BCUT2D eigenvalue weighted by Gasteiger charge is -2.40. The molecule has 2 atom stereocenters. The summed E-state index contributed by atoms with van der Waals surface area (Å²) in [5, 5.41) is 0. The first-order chi connectivity index (χ1) is 12.0. The third-order valence-corrected chi connectivity index (χ3v) is 6.67. The van der Waals surface area contributed by atoms with Crippen LogP contribution in [0.2, 0.25) is 0 Å². The van der Waals surface area contributed by atoms with Crippen LogP contribution in [0.15, 0.2) is 35.5 Å². The van der Waals surface area contributed by atoms with E-state index < -0.39 is 0 Å². The first-order valence-electron chi connectivity index (χ1n) is 10.7. The van der Waals surface area contributed by atoms with Crippen LogP contribution in [-0.2, 0) is 0 Å². The maximum Gasteiger partial charge on any atom is 0.0201 e. The van der Waals surface area contributed by atoms with Gasteiger partial charge in [-0.1, -0.05) is 56.2 Å². The van der Waals surface area contributed by atoms with Crippen LogP contribution in [0.1, 0.15) is 87.0 Å². The van der Waals surface area contributed by atoms with Gasteiger partial charge in [0.05, 0.1) is 0 Å². The lowest BCUT2D eigenvalue weighted by atomic mass is 9.73. The predicted octanol–water partition coefficient (Wildman–Crippen LogP) is 7.16. The van der Waals surface area contributed by atoms with E-state index in [1.165, 1.54) is 44.1 Å². The third kappa shape index (κ3) is 6.12. The van der Waals surface area contributed by atoms with Gasteiger partial charge in [-0.05, 0) is 83.5 Å². The van der Waals surface area contributed by atoms with Gasteiger partial charge in [-0.25, -0.2) is 0 Å². The Labute approximate surface area is 163 Å². The normalized spacial score (nSPS) is 25.1. The molecular formula is C25H43N. The summed E-state index contributed by atoms with van der Waals surface area (Å²) in [5.41, 5.74) is 5.32. The first-order valence-corrected chi connectivity index (χ1v) is 10.7. The molecule has 0 bridgehead atoms. The van der Waals surface area contributed by atoms with Crippen molar-refractivity contribution in [2.24, 2.45) is 17.3 Å². The van der Waals surface area contributed by atoms with Crippen molar-refractivity contribution in [3.63, 3.8) is 0 Å². The van der Waals surface area contributed by atoms with Crippen LogP contribution in [0.25, 0.3) is 0 Å². The summed E-state index contributed by atoms with van der Waals surface area (Å²) < 4.78 is 0. The molecule has 0 N–H and O–H groups in total. The molecule has 1 heteroatoms. The zero-order valence-electron chi connectivity index (χ0n) is 18.6. The molecule has 0 aromatic heterocycles. The van der Waals surface area contributed by atoms with Gasteiger partial charge in [0.1, 0.15) is 0 Å². The monoisotopic (exact) mass is 357 g/mol. The van der Waals surface area contributed by atoms with Crippen LogP contribution in [0, 0.1) is 17.3 Å². The smallest absolute Gasteiger partial charge is 0.0201 e. The standard InChI is InChI=1S/C25H43N/c1-19(2)22-13-9-20(10-14-22)17-26(25(6,7)8)18-21-11-15-23(16-12-21)24(3,4)5/h9,11,22-23H,1,10,12-18H2,2-8H3. The zero-order valence-corrected chi connectivity index (χ0v) is 18.6. The number of allylic oxidation sites excluding steroid dienone is 3. The summed E-state index contributed by atoms with van der Waals surface area (Å²) in [6, 6.07) is 0. The molecule has 0 spiro atoms. The predicted molar refractivity (Wildman–Crippen MR) is 116 cm³/mol. The maximum absolute atomic E-state index is 4.16.